The van der Waals surface area contributed by atoms with Crippen LogP contribution in [0.3, 0.4) is 0 Å². The number of benzene rings is 5. The fraction of sp³-hybridized carbons (Fsp3) is 0.0370. The van der Waals surface area contributed by atoms with Gasteiger partial charge in [-0.2, -0.15) is 0 Å². The number of hydrogen-bond acceptors (Lipinski definition) is 1. The second-order valence-electron chi connectivity index (χ2n) is 7.58. The highest BCUT2D eigenvalue weighted by molar-refractivity contribution is 6.21. The largest absolute Gasteiger partial charge is 0.497 e. The minimum atomic E-state index is -1.16. The van der Waals surface area contributed by atoms with E-state index in [4.69, 9.17) is 4.74 Å². The summed E-state index contributed by atoms with van der Waals surface area (Å²) in [5, 5.41) is 0.753. The smallest absolute Gasteiger partial charge is 0.159 e. The summed E-state index contributed by atoms with van der Waals surface area (Å²) in [6.45, 7) is 0. The summed E-state index contributed by atoms with van der Waals surface area (Å²) in [6.07, 6.45) is 0. The Labute approximate surface area is 185 Å². The first-order valence-electron chi connectivity index (χ1n) is 10.0. The van der Waals surface area contributed by atoms with Crippen molar-refractivity contribution in [2.24, 2.45) is 0 Å². The van der Waals surface area contributed by atoms with E-state index < -0.39 is 29.1 Å². The zero-order valence-corrected chi connectivity index (χ0v) is 17.2. The Balaban J connectivity index is 2.03. The van der Waals surface area contributed by atoms with Crippen molar-refractivity contribution in [1.29, 1.82) is 0 Å². The highest BCUT2D eigenvalue weighted by atomic mass is 19.2. The highest BCUT2D eigenvalue weighted by Crippen LogP contribution is 2.45. The van der Waals surface area contributed by atoms with Crippen LogP contribution >= 0.6 is 0 Å². The van der Waals surface area contributed by atoms with Crippen LogP contribution in [0.1, 0.15) is 0 Å². The van der Waals surface area contributed by atoms with E-state index in [1.54, 1.807) is 30.3 Å². The molecule has 0 N–H and O–H groups in total. The van der Waals surface area contributed by atoms with Crippen LogP contribution in [0.5, 0.6) is 5.75 Å². The van der Waals surface area contributed by atoms with Crippen molar-refractivity contribution in [1.82, 2.24) is 0 Å². The Kier molecular flexibility index (Phi) is 5.01. The first-order valence-corrected chi connectivity index (χ1v) is 10.0. The molecule has 0 aromatic heterocycles. The summed E-state index contributed by atoms with van der Waals surface area (Å²) < 4.78 is 77.8. The average molecular weight is 450 g/mol. The molecular formula is C27H15F5O. The molecule has 0 aliphatic heterocycles. The summed E-state index contributed by atoms with van der Waals surface area (Å²) in [5.74, 6) is -4.10. The van der Waals surface area contributed by atoms with Crippen LogP contribution in [-0.2, 0) is 0 Å². The van der Waals surface area contributed by atoms with Gasteiger partial charge < -0.3 is 4.74 Å². The monoisotopic (exact) mass is 450 g/mol. The Bertz CT molecular complexity index is 1540. The fourth-order valence-electron chi connectivity index (χ4n) is 4.27. The number of ether oxygens (including phenoxy) is 1. The lowest BCUT2D eigenvalue weighted by atomic mass is 9.85. The lowest BCUT2D eigenvalue weighted by Crippen LogP contribution is -1.97. The van der Waals surface area contributed by atoms with Crippen molar-refractivity contribution >= 4 is 21.5 Å². The van der Waals surface area contributed by atoms with Crippen molar-refractivity contribution in [2.45, 2.75) is 0 Å². The van der Waals surface area contributed by atoms with Crippen LogP contribution in [0.4, 0.5) is 22.0 Å². The molecule has 0 atom stereocenters. The Morgan fingerprint density at radius 2 is 1.24 bits per heavy atom. The summed E-state index contributed by atoms with van der Waals surface area (Å²) in [5.41, 5.74) is 0.955. The molecule has 6 heteroatoms. The lowest BCUT2D eigenvalue weighted by molar-refractivity contribution is 0.415. The quantitative estimate of drug-likeness (QED) is 0.200. The van der Waals surface area contributed by atoms with E-state index in [1.165, 1.54) is 25.3 Å². The minimum absolute atomic E-state index is 0.0201. The maximum absolute atomic E-state index is 15.3. The molecule has 5 rings (SSSR count). The second-order valence-corrected chi connectivity index (χ2v) is 7.58. The molecule has 0 fully saturated rings. The summed E-state index contributed by atoms with van der Waals surface area (Å²) in [4.78, 5) is 0. The Morgan fingerprint density at radius 3 is 1.88 bits per heavy atom. The van der Waals surface area contributed by atoms with Gasteiger partial charge in [0, 0.05) is 22.6 Å². The number of hydrogen-bond donors (Lipinski definition) is 0. The van der Waals surface area contributed by atoms with Gasteiger partial charge in [0.15, 0.2) is 11.6 Å². The third kappa shape index (κ3) is 3.39. The fourth-order valence-corrected chi connectivity index (χ4v) is 4.27. The van der Waals surface area contributed by atoms with Crippen LogP contribution in [0.15, 0.2) is 72.8 Å². The van der Waals surface area contributed by atoms with Crippen LogP contribution in [0.2, 0.25) is 0 Å². The molecule has 0 spiro atoms. The molecular weight excluding hydrogens is 435 g/mol. The Morgan fingerprint density at radius 1 is 0.576 bits per heavy atom. The molecule has 164 valence electrons. The third-order valence-corrected chi connectivity index (χ3v) is 5.71. The van der Waals surface area contributed by atoms with Crippen molar-refractivity contribution < 1.29 is 26.7 Å². The van der Waals surface area contributed by atoms with Gasteiger partial charge in [0.05, 0.1) is 7.11 Å². The topological polar surface area (TPSA) is 9.23 Å². The molecule has 0 radical (unpaired) electrons. The van der Waals surface area contributed by atoms with E-state index in [9.17, 15) is 17.6 Å². The normalized spacial score (nSPS) is 11.3. The zero-order chi connectivity index (χ0) is 23.3. The first-order chi connectivity index (χ1) is 15.9. The molecule has 5 aromatic carbocycles. The van der Waals surface area contributed by atoms with Gasteiger partial charge in [-0.1, -0.05) is 24.3 Å². The van der Waals surface area contributed by atoms with Gasteiger partial charge in [0.1, 0.15) is 23.2 Å². The molecule has 5 aromatic rings. The molecule has 0 aliphatic carbocycles. The number of halogens is 5. The van der Waals surface area contributed by atoms with Gasteiger partial charge in [0.25, 0.3) is 0 Å². The van der Waals surface area contributed by atoms with Crippen molar-refractivity contribution in [2.75, 3.05) is 7.11 Å². The highest BCUT2D eigenvalue weighted by Gasteiger charge is 2.22. The van der Waals surface area contributed by atoms with E-state index >= 15 is 4.39 Å². The van der Waals surface area contributed by atoms with Gasteiger partial charge in [0.2, 0.25) is 0 Å². The number of methoxy groups -OCH3 is 1. The van der Waals surface area contributed by atoms with E-state index in [1.807, 2.05) is 0 Å². The van der Waals surface area contributed by atoms with Crippen LogP contribution in [0, 0.1) is 29.1 Å². The number of rotatable bonds is 3. The Hall–Kier alpha value is -3.93. The summed E-state index contributed by atoms with van der Waals surface area (Å²) in [7, 11) is 1.51. The molecule has 0 saturated heterocycles. The van der Waals surface area contributed by atoms with Gasteiger partial charge in [-0.15, -0.1) is 0 Å². The van der Waals surface area contributed by atoms with E-state index in [2.05, 4.69) is 0 Å². The molecule has 0 bridgehead atoms. The summed E-state index contributed by atoms with van der Waals surface area (Å²) in [6, 6.07) is 16.0. The van der Waals surface area contributed by atoms with Gasteiger partial charge in [-0.3, -0.25) is 0 Å². The zero-order valence-electron chi connectivity index (χ0n) is 17.2. The predicted molar refractivity (Wildman–Crippen MR) is 119 cm³/mol. The van der Waals surface area contributed by atoms with Gasteiger partial charge in [-0.05, 0) is 69.8 Å². The van der Waals surface area contributed by atoms with Gasteiger partial charge >= 0.3 is 0 Å². The van der Waals surface area contributed by atoms with Crippen LogP contribution < -0.4 is 4.74 Å². The second kappa shape index (κ2) is 7.89. The van der Waals surface area contributed by atoms with Gasteiger partial charge in [-0.25, -0.2) is 22.0 Å². The maximum atomic E-state index is 15.3. The molecule has 33 heavy (non-hydrogen) atoms. The summed E-state index contributed by atoms with van der Waals surface area (Å²) >= 11 is 0. The molecule has 0 amide bonds. The lowest BCUT2D eigenvalue weighted by Gasteiger charge is -2.19. The van der Waals surface area contributed by atoms with Crippen molar-refractivity contribution in [3.8, 4) is 28.0 Å². The van der Waals surface area contributed by atoms with Crippen molar-refractivity contribution in [3.05, 3.63) is 102 Å². The molecule has 0 aliphatic rings. The average Bonchev–Trinajstić information content (AvgIpc) is 2.80. The van der Waals surface area contributed by atoms with Crippen molar-refractivity contribution in [3.63, 3.8) is 0 Å². The first kappa shape index (κ1) is 20.9. The maximum Gasteiger partial charge on any atom is 0.159 e. The molecule has 0 unspecified atom stereocenters. The minimum Gasteiger partial charge on any atom is -0.497 e. The molecule has 0 saturated carbocycles. The van der Waals surface area contributed by atoms with Crippen LogP contribution in [-0.4, -0.2) is 7.11 Å². The van der Waals surface area contributed by atoms with E-state index in [-0.39, 0.29) is 27.3 Å². The molecule has 0 heterocycles. The number of fused-ring (bicyclic) bond motifs is 2. The predicted octanol–water partition coefficient (Wildman–Crippen LogP) is 8.03. The third-order valence-electron chi connectivity index (χ3n) is 5.71. The van der Waals surface area contributed by atoms with Crippen LogP contribution in [0.25, 0.3) is 43.8 Å². The standard InChI is InChI=1S/C27H15F5O/c1-33-16-8-5-14(6-9-16)25-18-3-2-4-21(29)27(18)26(17-10-7-15(28)11-22(17)30)20-13-24(32)23(31)12-19(20)25/h2-13H,1H3. The SMILES string of the molecule is COc1ccc(-c2c3cc(F)c(F)cc3c(-c3ccc(F)cc3F)c3c(F)cccc23)cc1. The molecule has 1 nitrogen and oxygen atoms in total. The van der Waals surface area contributed by atoms with E-state index in [0.717, 1.165) is 18.2 Å². The van der Waals surface area contributed by atoms with E-state index in [0.29, 0.717) is 28.3 Å².